The molecule has 1 atom stereocenters. The fraction of sp³-hybridized carbons (Fsp3) is 0.143. The number of Topliss-reactive ketones (excluding diaryl/α,β-unsaturated/α-hetero) is 1. The summed E-state index contributed by atoms with van der Waals surface area (Å²) >= 11 is 17.1. The van der Waals surface area contributed by atoms with E-state index >= 15 is 0 Å². The van der Waals surface area contributed by atoms with Gasteiger partial charge in [-0.1, -0.05) is 47.5 Å². The molecule has 0 spiro atoms. The van der Waals surface area contributed by atoms with Gasteiger partial charge in [0.05, 0.1) is 27.3 Å². The molecular formula is C21H14BrCl2NO3S. The van der Waals surface area contributed by atoms with E-state index in [-0.39, 0.29) is 18.7 Å². The van der Waals surface area contributed by atoms with Crippen LogP contribution in [0, 0.1) is 0 Å². The first-order valence-corrected chi connectivity index (χ1v) is 11.0. The lowest BCUT2D eigenvalue weighted by Gasteiger charge is -2.23. The summed E-state index contributed by atoms with van der Waals surface area (Å²) in [5, 5.41) is 12.2. The number of aliphatic hydroxyl groups is 1. The molecule has 4 rings (SSSR count). The number of ketones is 1. The zero-order valence-electron chi connectivity index (χ0n) is 14.9. The molecule has 0 aliphatic carbocycles. The summed E-state index contributed by atoms with van der Waals surface area (Å²) in [4.78, 5) is 28.0. The molecule has 1 aromatic heterocycles. The minimum absolute atomic E-state index is 0.0927. The van der Waals surface area contributed by atoms with E-state index in [9.17, 15) is 14.7 Å². The summed E-state index contributed by atoms with van der Waals surface area (Å²) in [5.41, 5.74) is -0.428. The van der Waals surface area contributed by atoms with Crippen molar-refractivity contribution >= 4 is 67.8 Å². The van der Waals surface area contributed by atoms with E-state index < -0.39 is 11.5 Å². The smallest absolute Gasteiger partial charge is 0.264 e. The molecule has 1 aliphatic heterocycles. The average Bonchev–Trinajstić information content (AvgIpc) is 3.21. The topological polar surface area (TPSA) is 57.6 Å². The zero-order chi connectivity index (χ0) is 20.8. The van der Waals surface area contributed by atoms with Gasteiger partial charge in [-0.05, 0) is 46.3 Å². The second-order valence-corrected chi connectivity index (χ2v) is 9.95. The minimum Gasteiger partial charge on any atom is -0.375 e. The van der Waals surface area contributed by atoms with E-state index in [4.69, 9.17) is 23.2 Å². The molecule has 1 unspecified atom stereocenters. The number of hydrogen-bond acceptors (Lipinski definition) is 4. The van der Waals surface area contributed by atoms with Gasteiger partial charge in [0.25, 0.3) is 5.91 Å². The van der Waals surface area contributed by atoms with Gasteiger partial charge in [-0.25, -0.2) is 0 Å². The second-order valence-electron chi connectivity index (χ2n) is 6.67. The highest BCUT2D eigenvalue weighted by Gasteiger charge is 2.51. The third kappa shape index (κ3) is 3.64. The van der Waals surface area contributed by atoms with E-state index in [1.165, 1.54) is 16.2 Å². The van der Waals surface area contributed by atoms with Crippen molar-refractivity contribution in [2.75, 3.05) is 4.90 Å². The highest BCUT2D eigenvalue weighted by Crippen LogP contribution is 2.44. The zero-order valence-corrected chi connectivity index (χ0v) is 18.8. The number of halogens is 3. The molecule has 2 aromatic carbocycles. The Morgan fingerprint density at radius 1 is 1.07 bits per heavy atom. The largest absolute Gasteiger partial charge is 0.375 e. The summed E-state index contributed by atoms with van der Waals surface area (Å²) < 4.78 is 0.806. The Bertz CT molecular complexity index is 1110. The van der Waals surface area contributed by atoms with Crippen molar-refractivity contribution in [1.29, 1.82) is 0 Å². The molecule has 0 radical (unpaired) electrons. The normalized spacial score (nSPS) is 18.2. The van der Waals surface area contributed by atoms with Gasteiger partial charge in [0, 0.05) is 21.2 Å². The van der Waals surface area contributed by atoms with E-state index in [1.54, 1.807) is 54.6 Å². The molecule has 0 bridgehead atoms. The first kappa shape index (κ1) is 20.6. The molecule has 3 aromatic rings. The fourth-order valence-corrected chi connectivity index (χ4v) is 5.30. The molecule has 29 heavy (non-hydrogen) atoms. The van der Waals surface area contributed by atoms with Gasteiger partial charge in [0.1, 0.15) is 0 Å². The van der Waals surface area contributed by atoms with Crippen molar-refractivity contribution in [3.8, 4) is 0 Å². The summed E-state index contributed by atoms with van der Waals surface area (Å²) in [5.74, 6) is -0.873. The quantitative estimate of drug-likeness (QED) is 0.439. The van der Waals surface area contributed by atoms with Crippen LogP contribution in [0.2, 0.25) is 10.0 Å². The van der Waals surface area contributed by atoms with Gasteiger partial charge in [0.2, 0.25) is 0 Å². The van der Waals surface area contributed by atoms with Crippen LogP contribution < -0.4 is 4.90 Å². The maximum absolute atomic E-state index is 13.3. The minimum atomic E-state index is -1.95. The number of carbonyl (C=O) groups excluding carboxylic acids is 2. The van der Waals surface area contributed by atoms with Crippen LogP contribution in [0.15, 0.2) is 58.4 Å². The molecule has 148 valence electrons. The van der Waals surface area contributed by atoms with Gasteiger partial charge in [0.15, 0.2) is 11.4 Å². The number of para-hydroxylation sites is 1. The number of anilines is 1. The molecule has 2 heterocycles. The molecule has 4 nitrogen and oxygen atoms in total. The standard InChI is InChI=1S/C21H14BrCl2NO3S/c22-19-9-8-18(29-19)17(26)10-21(28)13-4-1-2-7-16(13)25(20(21)27)11-12-14(23)5-3-6-15(12)24/h1-9,28H,10-11H2. The Balaban J connectivity index is 1.71. The lowest BCUT2D eigenvalue weighted by Crippen LogP contribution is -2.41. The first-order chi connectivity index (χ1) is 13.8. The van der Waals surface area contributed by atoms with Crippen LogP contribution in [0.1, 0.15) is 27.2 Å². The molecule has 1 N–H and O–H groups in total. The Labute approximate surface area is 189 Å². The number of amides is 1. The molecule has 1 aliphatic rings. The van der Waals surface area contributed by atoms with Gasteiger partial charge in [-0.3, -0.25) is 9.59 Å². The third-order valence-electron chi connectivity index (χ3n) is 4.88. The van der Waals surface area contributed by atoms with Crippen LogP contribution in [0.5, 0.6) is 0 Å². The van der Waals surface area contributed by atoms with Gasteiger partial charge < -0.3 is 10.0 Å². The molecule has 1 amide bonds. The number of benzene rings is 2. The Kier molecular flexibility index (Phi) is 5.57. The fourth-order valence-electron chi connectivity index (χ4n) is 3.46. The Hall–Kier alpha value is -1.70. The average molecular weight is 511 g/mol. The van der Waals surface area contributed by atoms with Gasteiger partial charge >= 0.3 is 0 Å². The van der Waals surface area contributed by atoms with Gasteiger partial charge in [-0.2, -0.15) is 0 Å². The molecular weight excluding hydrogens is 497 g/mol. The lowest BCUT2D eigenvalue weighted by molar-refractivity contribution is -0.136. The number of thiophene rings is 1. The summed E-state index contributed by atoms with van der Waals surface area (Å²) in [6, 6.07) is 15.5. The van der Waals surface area contributed by atoms with Crippen LogP contribution in [0.3, 0.4) is 0 Å². The Morgan fingerprint density at radius 3 is 2.41 bits per heavy atom. The van der Waals surface area contributed by atoms with Crippen molar-refractivity contribution in [3.63, 3.8) is 0 Å². The first-order valence-electron chi connectivity index (χ1n) is 8.66. The van der Waals surface area contributed by atoms with Crippen molar-refractivity contribution in [2.45, 2.75) is 18.6 Å². The van der Waals surface area contributed by atoms with Gasteiger partial charge in [-0.15, -0.1) is 11.3 Å². The van der Waals surface area contributed by atoms with Crippen molar-refractivity contribution in [3.05, 3.63) is 84.4 Å². The number of rotatable bonds is 5. The van der Waals surface area contributed by atoms with Crippen LogP contribution in [0.25, 0.3) is 0 Å². The summed E-state index contributed by atoms with van der Waals surface area (Å²) in [6.07, 6.45) is -0.345. The molecule has 0 saturated carbocycles. The lowest BCUT2D eigenvalue weighted by atomic mass is 9.89. The Morgan fingerprint density at radius 2 is 1.76 bits per heavy atom. The number of carbonyl (C=O) groups is 2. The molecule has 8 heteroatoms. The number of fused-ring (bicyclic) bond motifs is 1. The predicted octanol–water partition coefficient (Wildman–Crippen LogP) is 5.82. The highest BCUT2D eigenvalue weighted by atomic mass is 79.9. The van der Waals surface area contributed by atoms with Crippen molar-refractivity contribution in [2.24, 2.45) is 0 Å². The van der Waals surface area contributed by atoms with E-state index in [0.29, 0.717) is 31.7 Å². The van der Waals surface area contributed by atoms with E-state index in [0.717, 1.165) is 3.79 Å². The van der Waals surface area contributed by atoms with E-state index in [2.05, 4.69) is 15.9 Å². The second kappa shape index (κ2) is 7.85. The number of nitrogens with zero attached hydrogens (tertiary/aromatic N) is 1. The predicted molar refractivity (Wildman–Crippen MR) is 119 cm³/mol. The summed E-state index contributed by atoms with van der Waals surface area (Å²) in [7, 11) is 0. The van der Waals surface area contributed by atoms with Crippen LogP contribution in [0.4, 0.5) is 5.69 Å². The monoisotopic (exact) mass is 509 g/mol. The molecule has 0 saturated heterocycles. The maximum atomic E-state index is 13.3. The maximum Gasteiger partial charge on any atom is 0.264 e. The third-order valence-corrected chi connectivity index (χ3v) is 7.25. The van der Waals surface area contributed by atoms with E-state index in [1.807, 2.05) is 0 Å². The SMILES string of the molecule is O=C(CC1(O)C(=O)N(Cc2c(Cl)cccc2Cl)c2ccccc21)c1ccc(Br)s1. The number of hydrogen-bond donors (Lipinski definition) is 1. The van der Waals surface area contributed by atoms with Crippen LogP contribution in [-0.4, -0.2) is 16.8 Å². The van der Waals surface area contributed by atoms with Crippen LogP contribution in [-0.2, 0) is 16.9 Å². The van der Waals surface area contributed by atoms with Crippen LogP contribution >= 0.6 is 50.5 Å². The highest BCUT2D eigenvalue weighted by molar-refractivity contribution is 9.11. The summed E-state index contributed by atoms with van der Waals surface area (Å²) in [6.45, 7) is 0.0927. The molecule has 0 fully saturated rings. The van der Waals surface area contributed by atoms with Crippen molar-refractivity contribution in [1.82, 2.24) is 0 Å². The van der Waals surface area contributed by atoms with Crippen molar-refractivity contribution < 1.29 is 14.7 Å².